The van der Waals surface area contributed by atoms with Crippen molar-refractivity contribution in [2.75, 3.05) is 0 Å². The fourth-order valence-electron chi connectivity index (χ4n) is 25.3. The number of hydrogen-bond donors (Lipinski definition) is 0. The molecule has 0 unspecified atom stereocenters. The SMILES string of the molecule is CC(C)c1c2c(cc3ccccc13)Cc1c-2ccc2[n+]1-c1ccccc1C2.N#Cc1cccc(-c2c3c(cc4ccccc24)Cc2c-3ccc3[n+]2-c2ccccc2C3)c1.c1ccc(-c2ccccc2-c2c3c(cc4ccccc24)Cc2c-3ccc3[n+]2-c2ccccc2C3)cc1.c1ccc2c(c1)Cc1ccc3c([n+]1-2)Cc1cc2ccccc2c(-c2ccc4c5ccccc5c5ccccc5c4c2)c1-3. The third-order valence-corrected chi connectivity index (χ3v) is 30.9. The molecule has 4 aliphatic carbocycles. The van der Waals surface area contributed by atoms with Crippen LogP contribution in [-0.4, -0.2) is 0 Å². The molecule has 8 aliphatic rings. The molecule has 23 aromatic rings. The van der Waals surface area contributed by atoms with Crippen LogP contribution in [0.3, 0.4) is 0 Å². The molecule has 0 spiro atoms. The van der Waals surface area contributed by atoms with Crippen molar-refractivity contribution >= 4 is 75.4 Å². The Balaban J connectivity index is 0.0000000914. The Morgan fingerprint density at radius 3 is 0.942 bits per heavy atom. The fraction of sp³-hybridized carbons (Fsp3) is 0.0833. The lowest BCUT2D eigenvalue weighted by Crippen LogP contribution is -2.36. The normalized spacial score (nSPS) is 13.0. The fourth-order valence-corrected chi connectivity index (χ4v) is 25.3. The van der Waals surface area contributed by atoms with Gasteiger partial charge in [-0.3, -0.25) is 0 Å². The van der Waals surface area contributed by atoms with Crippen LogP contribution in [0.4, 0.5) is 0 Å². The maximum atomic E-state index is 9.52. The summed E-state index contributed by atoms with van der Waals surface area (Å²) in [5, 5.41) is 27.9. The number of nitrogens with zero attached hydrogens (tertiary/aromatic N) is 5. The van der Waals surface area contributed by atoms with Crippen molar-refractivity contribution in [3.63, 3.8) is 0 Å². The summed E-state index contributed by atoms with van der Waals surface area (Å²) in [4.78, 5) is 0. The zero-order chi connectivity index (χ0) is 90.4. The Labute approximate surface area is 796 Å². The molecule has 0 radical (unpaired) electrons. The summed E-state index contributed by atoms with van der Waals surface area (Å²) < 4.78 is 10.1. The third-order valence-electron chi connectivity index (χ3n) is 30.9. The maximum absolute atomic E-state index is 9.52. The topological polar surface area (TPSA) is 39.3 Å². The molecular weight excluding hydrogens is 1660 g/mol. The van der Waals surface area contributed by atoms with E-state index in [9.17, 15) is 5.26 Å². The Hall–Kier alpha value is -16.9. The van der Waals surface area contributed by atoms with Gasteiger partial charge in [0.15, 0.2) is 45.6 Å². The van der Waals surface area contributed by atoms with Crippen molar-refractivity contribution in [2.24, 2.45) is 0 Å². The molecule has 137 heavy (non-hydrogen) atoms. The van der Waals surface area contributed by atoms with Gasteiger partial charge >= 0.3 is 0 Å². The summed E-state index contributed by atoms with van der Waals surface area (Å²) in [5.74, 6) is 0.501. The molecule has 0 saturated carbocycles. The molecule has 19 aromatic carbocycles. The number of para-hydroxylation sites is 4. The van der Waals surface area contributed by atoms with Crippen molar-refractivity contribution in [2.45, 2.75) is 71.1 Å². The average Bonchev–Trinajstić information content (AvgIpc) is 1.57. The van der Waals surface area contributed by atoms with Crippen LogP contribution in [-0.2, 0) is 51.4 Å². The van der Waals surface area contributed by atoms with Crippen LogP contribution in [0, 0.1) is 11.3 Å². The predicted molar refractivity (Wildman–Crippen MR) is 559 cm³/mol. The molecule has 640 valence electrons. The van der Waals surface area contributed by atoms with Gasteiger partial charge in [0, 0.05) is 87.5 Å². The molecule has 31 rings (SSSR count). The molecule has 0 fully saturated rings. The Bertz CT molecular complexity index is 9250. The minimum absolute atomic E-state index is 0.501. The molecular formula is C132H91N5+4. The van der Waals surface area contributed by atoms with Crippen molar-refractivity contribution < 1.29 is 18.3 Å². The molecule has 4 aromatic heterocycles. The molecule has 5 heteroatoms. The second-order valence-corrected chi connectivity index (χ2v) is 38.7. The van der Waals surface area contributed by atoms with Crippen LogP contribution < -0.4 is 18.3 Å². The summed E-state index contributed by atoms with van der Waals surface area (Å²) >= 11 is 0. The monoisotopic (exact) mass is 1750 g/mol. The van der Waals surface area contributed by atoms with E-state index in [-0.39, 0.29) is 0 Å². The first-order valence-electron chi connectivity index (χ1n) is 48.5. The zero-order valence-electron chi connectivity index (χ0n) is 76.2. The number of pyridine rings is 4. The van der Waals surface area contributed by atoms with Gasteiger partial charge in [-0.15, -0.1) is 0 Å². The third kappa shape index (κ3) is 12.2. The van der Waals surface area contributed by atoms with E-state index in [1.165, 1.54) is 277 Å². The zero-order valence-corrected chi connectivity index (χ0v) is 76.2. The summed E-state index contributed by atoms with van der Waals surface area (Å²) in [6.45, 7) is 4.66. The number of benzene rings is 19. The number of rotatable bonds is 5. The highest BCUT2D eigenvalue weighted by Crippen LogP contribution is 2.54. The minimum Gasteiger partial charge on any atom is -0.192 e. The summed E-state index contributed by atoms with van der Waals surface area (Å²) in [7, 11) is 0. The first-order valence-corrected chi connectivity index (χ1v) is 48.5. The maximum Gasteiger partial charge on any atom is 0.214 e. The Kier molecular flexibility index (Phi) is 17.9. The van der Waals surface area contributed by atoms with E-state index in [4.69, 9.17) is 0 Å². The minimum atomic E-state index is 0.501. The van der Waals surface area contributed by atoms with Gasteiger partial charge in [0.1, 0.15) is 0 Å². The van der Waals surface area contributed by atoms with Crippen molar-refractivity contribution in [3.8, 4) is 118 Å². The Morgan fingerprint density at radius 2 is 0.518 bits per heavy atom. The average molecular weight is 1750 g/mol. The largest absolute Gasteiger partial charge is 0.214 e. The lowest BCUT2D eigenvalue weighted by Gasteiger charge is -2.17. The van der Waals surface area contributed by atoms with Gasteiger partial charge in [0.05, 0.1) is 85.3 Å². The summed E-state index contributed by atoms with van der Waals surface area (Å²) in [6, 6.07) is 154. The highest BCUT2D eigenvalue weighted by molar-refractivity contribution is 6.26. The number of aromatic nitrogens is 4. The molecule has 0 saturated heterocycles. The molecule has 0 bridgehead atoms. The molecule has 0 N–H and O–H groups in total. The highest BCUT2D eigenvalue weighted by Gasteiger charge is 2.44. The number of hydrogen-bond acceptors (Lipinski definition) is 1. The molecule has 0 atom stereocenters. The van der Waals surface area contributed by atoms with Gasteiger partial charge in [0.2, 0.25) is 22.7 Å². The first-order chi connectivity index (χ1) is 67.7. The predicted octanol–water partition coefficient (Wildman–Crippen LogP) is 29.5. The van der Waals surface area contributed by atoms with E-state index in [0.717, 1.165) is 56.9 Å². The van der Waals surface area contributed by atoms with Gasteiger partial charge in [0.25, 0.3) is 0 Å². The molecule has 4 aliphatic heterocycles. The van der Waals surface area contributed by atoms with E-state index in [1.54, 1.807) is 0 Å². The number of nitriles is 1. The van der Waals surface area contributed by atoms with Crippen LogP contribution >= 0.6 is 0 Å². The first kappa shape index (κ1) is 78.7. The smallest absolute Gasteiger partial charge is 0.192 e. The van der Waals surface area contributed by atoms with Crippen molar-refractivity contribution in [3.05, 3.63) is 514 Å². The van der Waals surface area contributed by atoms with E-state index >= 15 is 0 Å². The Morgan fingerprint density at radius 1 is 0.204 bits per heavy atom. The van der Waals surface area contributed by atoms with Gasteiger partial charge in [-0.05, 0) is 226 Å². The highest BCUT2D eigenvalue weighted by atomic mass is 15.0. The lowest BCUT2D eigenvalue weighted by molar-refractivity contribution is -0.605. The second-order valence-electron chi connectivity index (χ2n) is 38.7. The van der Waals surface area contributed by atoms with Crippen LogP contribution in [0.2, 0.25) is 0 Å². The van der Waals surface area contributed by atoms with Crippen molar-refractivity contribution in [1.82, 2.24) is 0 Å². The van der Waals surface area contributed by atoms with Crippen LogP contribution in [0.5, 0.6) is 0 Å². The summed E-state index contributed by atoms with van der Waals surface area (Å²) in [6.07, 6.45) is 7.88. The molecule has 5 nitrogen and oxygen atoms in total. The quantitative estimate of drug-likeness (QED) is 0.125. The van der Waals surface area contributed by atoms with E-state index in [2.05, 4.69) is 432 Å². The molecule has 8 heterocycles. The lowest BCUT2D eigenvalue weighted by atomic mass is 9.85. The van der Waals surface area contributed by atoms with Gasteiger partial charge < -0.3 is 0 Å². The van der Waals surface area contributed by atoms with E-state index in [1.807, 2.05) is 18.2 Å². The van der Waals surface area contributed by atoms with E-state index < -0.39 is 0 Å². The standard InChI is InChI=1S/C41H26N.C35H24N.C30H19N2.C26H22N/c1-3-11-30-25(9-1)21-28-24-39-36(20-18-29-22-26-10-2-8-16-38(26)42(29)39)41(28)40(30)27-17-19-35-33-14-5-4-12-31(33)32-13-6-7-15-34(32)37(35)23-27;1-2-10-23(11-3-1)28-14-7-8-16-30(28)35-29-15-6-4-12-24(29)20-26-22-33-31(34(26)35)19-18-27-21-25-13-5-9-17-32(25)36(27)33;31-18-19-6-5-9-22(14-19)29-25-10-3-1-7-20(25)15-23-17-28-26(30(23)29)13-12-24-16-21-8-2-4-11-27(21)32(24)28;1-16(2)25-21-9-5-3-7-17(21)13-19-15-24-22(26(19)25)12-11-20-14-18-8-4-6-10-23(18)27(20)24/h1-21,23H,22,24H2;1-20H,21-22H2;1-15H,16-17H2;3-13,16H,14-15H2,1-2H3/q4*+1. The van der Waals surface area contributed by atoms with Crippen LogP contribution in [0.25, 0.3) is 187 Å². The van der Waals surface area contributed by atoms with Gasteiger partial charge in [-0.25, -0.2) is 0 Å². The summed E-state index contributed by atoms with van der Waals surface area (Å²) in [5.41, 5.74) is 51.4. The van der Waals surface area contributed by atoms with Crippen molar-refractivity contribution in [1.29, 1.82) is 5.26 Å². The van der Waals surface area contributed by atoms with Gasteiger partial charge in [-0.1, -0.05) is 311 Å². The molecule has 0 amide bonds. The second kappa shape index (κ2) is 31.1. The number of fused-ring (bicyclic) bond motifs is 38. The van der Waals surface area contributed by atoms with Gasteiger partial charge in [-0.2, -0.15) is 23.5 Å². The van der Waals surface area contributed by atoms with Crippen LogP contribution in [0.1, 0.15) is 121 Å². The van der Waals surface area contributed by atoms with E-state index in [0.29, 0.717) is 11.5 Å². The van der Waals surface area contributed by atoms with Crippen LogP contribution in [0.15, 0.2) is 413 Å².